The van der Waals surface area contributed by atoms with Crippen molar-refractivity contribution in [2.24, 2.45) is 0 Å². The number of amides is 1. The van der Waals surface area contributed by atoms with Gasteiger partial charge in [0.15, 0.2) is 0 Å². The second-order valence-electron chi connectivity index (χ2n) is 7.63. The summed E-state index contributed by atoms with van der Waals surface area (Å²) in [5.74, 6) is -0.202. The van der Waals surface area contributed by atoms with Crippen molar-refractivity contribution in [1.29, 1.82) is 0 Å². The third-order valence-corrected chi connectivity index (χ3v) is 5.08. The number of carbonyl (C=O) groups excluding carboxylic acids is 1. The van der Waals surface area contributed by atoms with Crippen LogP contribution in [-0.2, 0) is 9.53 Å². The zero-order valence-electron chi connectivity index (χ0n) is 19.1. The molecule has 2 heterocycles. The molecule has 182 valence electrons. The van der Waals surface area contributed by atoms with Crippen molar-refractivity contribution in [2.75, 3.05) is 50.1 Å². The Kier molecular flexibility index (Phi) is 8.21. The molecular formula is C25H26FN5O4. The van der Waals surface area contributed by atoms with E-state index in [9.17, 15) is 9.18 Å². The lowest BCUT2D eigenvalue weighted by Crippen LogP contribution is -2.38. The van der Waals surface area contributed by atoms with E-state index in [1.54, 1.807) is 24.3 Å². The van der Waals surface area contributed by atoms with Crippen molar-refractivity contribution in [3.05, 3.63) is 73.2 Å². The maximum Gasteiger partial charge on any atom is 0.260 e. The highest BCUT2D eigenvalue weighted by molar-refractivity contribution is 5.98. The number of benzene rings is 2. The fourth-order valence-electron chi connectivity index (χ4n) is 3.34. The number of aromatic nitrogens is 2. The van der Waals surface area contributed by atoms with E-state index in [0.717, 1.165) is 45.1 Å². The molecule has 4 rings (SSSR count). The van der Waals surface area contributed by atoms with Gasteiger partial charge in [-0.1, -0.05) is 18.7 Å². The lowest BCUT2D eigenvalue weighted by molar-refractivity contribution is -0.111. The van der Waals surface area contributed by atoms with E-state index in [1.807, 2.05) is 24.3 Å². The fraction of sp³-hybridized carbons (Fsp3) is 0.240. The lowest BCUT2D eigenvalue weighted by atomic mass is 10.3. The molecular weight excluding hydrogens is 453 g/mol. The predicted octanol–water partition coefficient (Wildman–Crippen LogP) is 3.99. The predicted molar refractivity (Wildman–Crippen MR) is 130 cm³/mol. The van der Waals surface area contributed by atoms with E-state index in [0.29, 0.717) is 29.5 Å². The van der Waals surface area contributed by atoms with Gasteiger partial charge in [0.25, 0.3) is 5.88 Å². The average molecular weight is 480 g/mol. The number of hydrogen-bond donors (Lipinski definition) is 2. The molecule has 0 atom stereocenters. The second-order valence-corrected chi connectivity index (χ2v) is 7.63. The van der Waals surface area contributed by atoms with Gasteiger partial charge in [-0.25, -0.2) is 4.98 Å². The third kappa shape index (κ3) is 7.23. The number of ether oxygens (including phenoxy) is 3. The van der Waals surface area contributed by atoms with Crippen LogP contribution < -0.4 is 20.1 Å². The molecule has 0 saturated carbocycles. The highest BCUT2D eigenvalue weighted by Gasteiger charge is 2.12. The van der Waals surface area contributed by atoms with E-state index < -0.39 is 5.82 Å². The molecule has 0 bridgehead atoms. The molecule has 1 aliphatic heterocycles. The van der Waals surface area contributed by atoms with Crippen molar-refractivity contribution >= 4 is 23.2 Å². The Balaban J connectivity index is 1.38. The Bertz CT molecular complexity index is 1170. The van der Waals surface area contributed by atoms with Crippen LogP contribution in [-0.4, -0.2) is 60.2 Å². The zero-order valence-corrected chi connectivity index (χ0v) is 19.1. The molecule has 1 aliphatic rings. The molecule has 0 unspecified atom stereocenters. The summed E-state index contributed by atoms with van der Waals surface area (Å²) in [6.45, 7) is 8.10. The van der Waals surface area contributed by atoms with Gasteiger partial charge in [-0.05, 0) is 30.3 Å². The van der Waals surface area contributed by atoms with Gasteiger partial charge >= 0.3 is 0 Å². The number of halogens is 1. The third-order valence-electron chi connectivity index (χ3n) is 5.08. The molecule has 0 spiro atoms. The van der Waals surface area contributed by atoms with Gasteiger partial charge in [-0.2, -0.15) is 9.37 Å². The Labute approximate surface area is 202 Å². The minimum absolute atomic E-state index is 0.156. The van der Waals surface area contributed by atoms with E-state index >= 15 is 0 Å². The lowest BCUT2D eigenvalue weighted by Gasteiger charge is -2.26. The number of carbonyl (C=O) groups is 1. The summed E-state index contributed by atoms with van der Waals surface area (Å²) in [5, 5.41) is 5.66. The Morgan fingerprint density at radius 3 is 2.69 bits per heavy atom. The van der Waals surface area contributed by atoms with E-state index in [4.69, 9.17) is 14.2 Å². The number of hydrogen-bond acceptors (Lipinski definition) is 8. The molecule has 35 heavy (non-hydrogen) atoms. The van der Waals surface area contributed by atoms with Crippen molar-refractivity contribution in [2.45, 2.75) is 0 Å². The van der Waals surface area contributed by atoms with Gasteiger partial charge in [0.1, 0.15) is 18.1 Å². The topological polar surface area (TPSA) is 97.8 Å². The fourth-order valence-corrected chi connectivity index (χ4v) is 3.34. The number of rotatable bonds is 10. The van der Waals surface area contributed by atoms with Crippen LogP contribution >= 0.6 is 0 Å². The van der Waals surface area contributed by atoms with Crippen LogP contribution in [0.25, 0.3) is 0 Å². The minimum Gasteiger partial charge on any atom is -0.492 e. The Hall–Kier alpha value is -4.02. The summed E-state index contributed by atoms with van der Waals surface area (Å²) in [6, 6.07) is 13.9. The van der Waals surface area contributed by atoms with Crippen molar-refractivity contribution in [3.63, 3.8) is 0 Å². The smallest absolute Gasteiger partial charge is 0.260 e. The van der Waals surface area contributed by atoms with Crippen LogP contribution in [0.5, 0.6) is 17.4 Å². The van der Waals surface area contributed by atoms with Crippen LogP contribution in [0.15, 0.2) is 67.4 Å². The molecule has 1 fully saturated rings. The van der Waals surface area contributed by atoms with Gasteiger partial charge in [0.2, 0.25) is 17.7 Å². The van der Waals surface area contributed by atoms with Crippen LogP contribution in [0.2, 0.25) is 0 Å². The summed E-state index contributed by atoms with van der Waals surface area (Å²) in [4.78, 5) is 21.9. The highest BCUT2D eigenvalue weighted by Crippen LogP contribution is 2.27. The molecule has 1 saturated heterocycles. The number of nitrogens with one attached hydrogen (secondary N) is 2. The van der Waals surface area contributed by atoms with Gasteiger partial charge in [0.05, 0.1) is 19.4 Å². The van der Waals surface area contributed by atoms with E-state index in [1.165, 1.54) is 0 Å². The molecule has 0 radical (unpaired) electrons. The average Bonchev–Trinajstić information content (AvgIpc) is 2.87. The molecule has 1 aromatic heterocycles. The molecule has 2 N–H and O–H groups in total. The van der Waals surface area contributed by atoms with Crippen molar-refractivity contribution in [1.82, 2.24) is 14.9 Å². The highest BCUT2D eigenvalue weighted by atomic mass is 19.1. The maximum atomic E-state index is 14.3. The Morgan fingerprint density at radius 1 is 1.14 bits per heavy atom. The van der Waals surface area contributed by atoms with Gasteiger partial charge in [-0.15, -0.1) is 0 Å². The summed E-state index contributed by atoms with van der Waals surface area (Å²) >= 11 is 0. The molecule has 9 nitrogen and oxygen atoms in total. The second kappa shape index (κ2) is 11.9. The van der Waals surface area contributed by atoms with Gasteiger partial charge < -0.3 is 24.8 Å². The zero-order chi connectivity index (χ0) is 24.5. The SMILES string of the molecule is C=CC(=O)Nc1cccc(Oc2nc(Nc3cccc(OCCN4CCOCC4)c3)ncc2F)c1. The summed E-state index contributed by atoms with van der Waals surface area (Å²) in [7, 11) is 0. The maximum absolute atomic E-state index is 14.3. The van der Waals surface area contributed by atoms with Crippen molar-refractivity contribution < 1.29 is 23.4 Å². The largest absolute Gasteiger partial charge is 0.492 e. The molecule has 10 heteroatoms. The first-order valence-electron chi connectivity index (χ1n) is 11.1. The molecule has 2 aromatic carbocycles. The standard InChI is InChI=1S/C25H26FN5O4/c1-2-23(32)28-18-5-4-8-21(16-18)35-24-22(26)17-27-25(30-24)29-19-6-3-7-20(15-19)34-14-11-31-9-12-33-13-10-31/h2-8,15-17H,1,9-14H2,(H,28,32)(H,27,29,30). The summed E-state index contributed by atoms with van der Waals surface area (Å²) in [6.07, 6.45) is 2.18. The van der Waals surface area contributed by atoms with Crippen LogP contribution in [0.4, 0.5) is 21.7 Å². The molecule has 0 aliphatic carbocycles. The molecule has 1 amide bonds. The summed E-state index contributed by atoms with van der Waals surface area (Å²) < 4.78 is 31.1. The number of anilines is 3. The monoisotopic (exact) mass is 479 g/mol. The number of morpholine rings is 1. The van der Waals surface area contributed by atoms with E-state index in [2.05, 4.69) is 32.1 Å². The summed E-state index contributed by atoms with van der Waals surface area (Å²) in [5.41, 5.74) is 1.16. The first kappa shape index (κ1) is 24.1. The first-order chi connectivity index (χ1) is 17.1. The van der Waals surface area contributed by atoms with Crippen molar-refractivity contribution in [3.8, 4) is 17.4 Å². The minimum atomic E-state index is -0.726. The Morgan fingerprint density at radius 2 is 1.89 bits per heavy atom. The van der Waals surface area contributed by atoms with Crippen LogP contribution in [0.3, 0.4) is 0 Å². The van der Waals surface area contributed by atoms with Gasteiger partial charge in [0, 0.05) is 43.1 Å². The van der Waals surface area contributed by atoms with E-state index in [-0.39, 0.29) is 17.7 Å². The first-order valence-corrected chi connectivity index (χ1v) is 11.1. The molecule has 3 aromatic rings. The van der Waals surface area contributed by atoms with Gasteiger partial charge in [-0.3, -0.25) is 9.69 Å². The quantitative estimate of drug-likeness (QED) is 0.422. The van der Waals surface area contributed by atoms with Crippen LogP contribution in [0, 0.1) is 5.82 Å². The number of nitrogens with zero attached hydrogens (tertiary/aromatic N) is 3. The van der Waals surface area contributed by atoms with Crippen LogP contribution in [0.1, 0.15) is 0 Å². The normalized spacial score (nSPS) is 13.6.